The van der Waals surface area contributed by atoms with Crippen molar-refractivity contribution < 1.29 is 28.3 Å². The van der Waals surface area contributed by atoms with Crippen molar-refractivity contribution in [2.75, 3.05) is 12.0 Å². The van der Waals surface area contributed by atoms with Gasteiger partial charge in [-0.1, -0.05) is 17.7 Å². The lowest BCUT2D eigenvalue weighted by Crippen LogP contribution is -2.54. The molecule has 172 valence electrons. The lowest BCUT2D eigenvalue weighted by molar-refractivity contribution is -0.122. The second kappa shape index (κ2) is 8.99. The highest BCUT2D eigenvalue weighted by Gasteiger charge is 2.37. The maximum Gasteiger partial charge on any atom is 0.337 e. The topological polar surface area (TPSA) is 106 Å². The van der Waals surface area contributed by atoms with E-state index in [-0.39, 0.29) is 16.9 Å². The standard InChI is InChI=1S/C25H19ClN2O6/c1-13-4-6-16(10-14(13)2)28-23(30)19(22(29)27-25(28)32)12-17-7-9-21(34-17)18-11-15(24(31)33-3)5-8-20(18)26/h4-12H,1-3H3,(H,27,29,32)/b19-12+. The van der Waals surface area contributed by atoms with Crippen LogP contribution < -0.4 is 10.2 Å². The van der Waals surface area contributed by atoms with Crippen LogP contribution in [0.4, 0.5) is 10.5 Å². The Bertz CT molecular complexity index is 1390. The summed E-state index contributed by atoms with van der Waals surface area (Å²) in [5.41, 5.74) is 2.67. The summed E-state index contributed by atoms with van der Waals surface area (Å²) in [6.45, 7) is 3.77. The normalized spacial score (nSPS) is 15.0. The molecular formula is C25H19ClN2O6. The van der Waals surface area contributed by atoms with Crippen molar-refractivity contribution in [1.29, 1.82) is 0 Å². The van der Waals surface area contributed by atoms with E-state index in [1.165, 1.54) is 31.4 Å². The maximum atomic E-state index is 13.1. The fraction of sp³-hybridized carbons (Fsp3) is 0.120. The van der Waals surface area contributed by atoms with Gasteiger partial charge in [-0.2, -0.15) is 0 Å². The molecule has 9 heteroatoms. The van der Waals surface area contributed by atoms with Gasteiger partial charge >= 0.3 is 12.0 Å². The van der Waals surface area contributed by atoms with E-state index in [0.717, 1.165) is 16.0 Å². The maximum absolute atomic E-state index is 13.1. The predicted octanol–water partition coefficient (Wildman–Crippen LogP) is 4.67. The average molecular weight is 479 g/mol. The highest BCUT2D eigenvalue weighted by Crippen LogP contribution is 2.32. The Kier molecular flexibility index (Phi) is 6.08. The number of urea groups is 1. The SMILES string of the molecule is COC(=O)c1ccc(Cl)c(-c2ccc(/C=C3\C(=O)NC(=O)N(c4ccc(C)c(C)c4)C3=O)o2)c1. The number of carbonyl (C=O) groups is 4. The van der Waals surface area contributed by atoms with Gasteiger partial charge < -0.3 is 9.15 Å². The molecule has 0 aliphatic carbocycles. The number of halogens is 1. The number of carbonyl (C=O) groups excluding carboxylic acids is 4. The number of benzene rings is 2. The number of hydrogen-bond acceptors (Lipinski definition) is 6. The molecule has 1 fully saturated rings. The third-order valence-electron chi connectivity index (χ3n) is 5.42. The van der Waals surface area contributed by atoms with Gasteiger partial charge in [-0.05, 0) is 73.5 Å². The van der Waals surface area contributed by atoms with Gasteiger partial charge in [0.15, 0.2) is 0 Å². The van der Waals surface area contributed by atoms with Crippen LogP contribution in [0.2, 0.25) is 5.02 Å². The van der Waals surface area contributed by atoms with E-state index in [9.17, 15) is 19.2 Å². The number of rotatable bonds is 4. The molecule has 0 saturated carbocycles. The lowest BCUT2D eigenvalue weighted by atomic mass is 10.1. The largest absolute Gasteiger partial charge is 0.465 e. The van der Waals surface area contributed by atoms with Crippen molar-refractivity contribution in [2.45, 2.75) is 13.8 Å². The van der Waals surface area contributed by atoms with Crippen LogP contribution >= 0.6 is 11.6 Å². The molecule has 4 amide bonds. The van der Waals surface area contributed by atoms with Gasteiger partial charge in [0.05, 0.1) is 23.4 Å². The number of amides is 4. The minimum atomic E-state index is -0.834. The number of methoxy groups -OCH3 is 1. The summed E-state index contributed by atoms with van der Waals surface area (Å²) < 4.78 is 10.5. The molecule has 34 heavy (non-hydrogen) atoms. The van der Waals surface area contributed by atoms with Crippen LogP contribution in [0.3, 0.4) is 0 Å². The molecule has 0 atom stereocenters. The quantitative estimate of drug-likeness (QED) is 0.332. The summed E-state index contributed by atoms with van der Waals surface area (Å²) >= 11 is 6.26. The Morgan fingerprint density at radius 2 is 1.79 bits per heavy atom. The number of anilines is 1. The van der Waals surface area contributed by atoms with Gasteiger partial charge in [-0.25, -0.2) is 14.5 Å². The van der Waals surface area contributed by atoms with Crippen molar-refractivity contribution in [2.24, 2.45) is 0 Å². The van der Waals surface area contributed by atoms with Crippen molar-refractivity contribution in [3.05, 3.63) is 81.6 Å². The third kappa shape index (κ3) is 4.23. The van der Waals surface area contributed by atoms with E-state index < -0.39 is 23.8 Å². The number of aryl methyl sites for hydroxylation is 2. The Morgan fingerprint density at radius 3 is 2.50 bits per heavy atom. The van der Waals surface area contributed by atoms with Gasteiger partial charge in [-0.3, -0.25) is 14.9 Å². The molecule has 0 spiro atoms. The number of hydrogen-bond donors (Lipinski definition) is 1. The third-order valence-corrected chi connectivity index (χ3v) is 5.75. The van der Waals surface area contributed by atoms with Crippen molar-refractivity contribution >= 4 is 47.2 Å². The van der Waals surface area contributed by atoms with Crippen LogP contribution in [0, 0.1) is 13.8 Å². The Balaban J connectivity index is 1.69. The van der Waals surface area contributed by atoms with Gasteiger partial charge in [0.25, 0.3) is 11.8 Å². The van der Waals surface area contributed by atoms with E-state index >= 15 is 0 Å². The van der Waals surface area contributed by atoms with Crippen LogP contribution in [0.1, 0.15) is 27.2 Å². The molecule has 2 heterocycles. The van der Waals surface area contributed by atoms with E-state index in [1.54, 1.807) is 30.3 Å². The van der Waals surface area contributed by atoms with Crippen LogP contribution in [-0.2, 0) is 14.3 Å². The first-order valence-electron chi connectivity index (χ1n) is 10.2. The number of esters is 1. The smallest absolute Gasteiger partial charge is 0.337 e. The molecule has 1 aromatic heterocycles. The number of furan rings is 1. The molecule has 3 aromatic rings. The summed E-state index contributed by atoms with van der Waals surface area (Å²) in [5, 5.41) is 2.51. The van der Waals surface area contributed by atoms with E-state index in [0.29, 0.717) is 22.0 Å². The number of nitrogens with one attached hydrogen (secondary N) is 1. The number of ether oxygens (including phenoxy) is 1. The summed E-state index contributed by atoms with van der Waals surface area (Å²) in [6.07, 6.45) is 1.25. The van der Waals surface area contributed by atoms with Gasteiger partial charge in [0.2, 0.25) is 0 Å². The molecule has 2 aromatic carbocycles. The molecule has 4 rings (SSSR count). The first kappa shape index (κ1) is 23.0. The highest BCUT2D eigenvalue weighted by molar-refractivity contribution is 6.39. The zero-order chi connectivity index (χ0) is 24.6. The van der Waals surface area contributed by atoms with E-state index in [2.05, 4.69) is 5.32 Å². The van der Waals surface area contributed by atoms with E-state index in [1.807, 2.05) is 13.8 Å². The molecule has 1 aliphatic rings. The monoisotopic (exact) mass is 478 g/mol. The highest BCUT2D eigenvalue weighted by atomic mass is 35.5. The second-order valence-electron chi connectivity index (χ2n) is 7.61. The summed E-state index contributed by atoms with van der Waals surface area (Å²) in [6, 6.07) is 12.0. The fourth-order valence-electron chi connectivity index (χ4n) is 3.43. The van der Waals surface area contributed by atoms with E-state index in [4.69, 9.17) is 20.8 Å². The molecule has 0 bridgehead atoms. The number of barbiturate groups is 1. The molecule has 1 saturated heterocycles. The molecule has 1 aliphatic heterocycles. The first-order valence-corrected chi connectivity index (χ1v) is 10.5. The van der Waals surface area contributed by atoms with Crippen molar-refractivity contribution in [1.82, 2.24) is 5.32 Å². The predicted molar refractivity (Wildman–Crippen MR) is 125 cm³/mol. The number of imide groups is 2. The Labute approximate surface area is 199 Å². The van der Waals surface area contributed by atoms with Crippen molar-refractivity contribution in [3.8, 4) is 11.3 Å². The minimum Gasteiger partial charge on any atom is -0.465 e. The van der Waals surface area contributed by atoms with Crippen LogP contribution in [0.5, 0.6) is 0 Å². The molecule has 1 N–H and O–H groups in total. The molecule has 0 unspecified atom stereocenters. The Hall–Kier alpha value is -4.17. The molecule has 8 nitrogen and oxygen atoms in total. The fourth-order valence-corrected chi connectivity index (χ4v) is 3.64. The lowest BCUT2D eigenvalue weighted by Gasteiger charge is -2.26. The average Bonchev–Trinajstić information content (AvgIpc) is 3.27. The van der Waals surface area contributed by atoms with Crippen molar-refractivity contribution in [3.63, 3.8) is 0 Å². The Morgan fingerprint density at radius 1 is 1.03 bits per heavy atom. The van der Waals surface area contributed by atoms with Crippen LogP contribution in [0.25, 0.3) is 17.4 Å². The molecule has 0 radical (unpaired) electrons. The minimum absolute atomic E-state index is 0.183. The summed E-state index contributed by atoms with van der Waals surface area (Å²) in [4.78, 5) is 50.7. The van der Waals surface area contributed by atoms with Gasteiger partial charge in [-0.15, -0.1) is 0 Å². The van der Waals surface area contributed by atoms with Gasteiger partial charge in [0, 0.05) is 5.56 Å². The van der Waals surface area contributed by atoms with Crippen LogP contribution in [-0.4, -0.2) is 30.9 Å². The first-order chi connectivity index (χ1) is 16.2. The zero-order valence-electron chi connectivity index (χ0n) is 18.5. The zero-order valence-corrected chi connectivity index (χ0v) is 19.2. The summed E-state index contributed by atoms with van der Waals surface area (Å²) in [5.74, 6) is -1.65. The number of nitrogens with zero attached hydrogens (tertiary/aromatic N) is 1. The summed E-state index contributed by atoms with van der Waals surface area (Å²) in [7, 11) is 1.27. The second-order valence-corrected chi connectivity index (χ2v) is 8.02. The molecular weight excluding hydrogens is 460 g/mol. The van der Waals surface area contributed by atoms with Gasteiger partial charge in [0.1, 0.15) is 17.1 Å². The van der Waals surface area contributed by atoms with Crippen LogP contribution in [0.15, 0.2) is 58.5 Å².